The molecule has 0 bridgehead atoms. The van der Waals surface area contributed by atoms with E-state index in [4.69, 9.17) is 0 Å². The molecule has 2 amide bonds. The molecule has 0 unspecified atom stereocenters. The Hall–Kier alpha value is -1.03. The van der Waals surface area contributed by atoms with Gasteiger partial charge < -0.3 is 10.2 Å². The van der Waals surface area contributed by atoms with Crippen LogP contribution in [-0.2, 0) is 0 Å². The SMILES string of the molecule is Cc1cc(Br)cc(C)c1NC(=O)N1CCC(C)CC1. The molecular formula is C15H21BrN2O. The number of rotatable bonds is 1. The summed E-state index contributed by atoms with van der Waals surface area (Å²) in [5.41, 5.74) is 3.11. The molecule has 1 aromatic carbocycles. The fraction of sp³-hybridized carbons (Fsp3) is 0.533. The van der Waals surface area contributed by atoms with Crippen molar-refractivity contribution < 1.29 is 4.79 Å². The largest absolute Gasteiger partial charge is 0.325 e. The van der Waals surface area contributed by atoms with Crippen molar-refractivity contribution in [2.45, 2.75) is 33.6 Å². The maximum atomic E-state index is 12.3. The first-order valence-electron chi connectivity index (χ1n) is 6.80. The van der Waals surface area contributed by atoms with Gasteiger partial charge in [-0.25, -0.2) is 4.79 Å². The summed E-state index contributed by atoms with van der Waals surface area (Å²) in [5, 5.41) is 3.06. The number of hydrogen-bond acceptors (Lipinski definition) is 1. The molecule has 1 saturated heterocycles. The van der Waals surface area contributed by atoms with Crippen LogP contribution in [0.2, 0.25) is 0 Å². The lowest BCUT2D eigenvalue weighted by Crippen LogP contribution is -2.40. The third-order valence-corrected chi connectivity index (χ3v) is 4.26. The number of piperidine rings is 1. The Bertz CT molecular complexity index is 456. The number of nitrogens with one attached hydrogen (secondary N) is 1. The average Bonchev–Trinajstić information content (AvgIpc) is 2.34. The van der Waals surface area contributed by atoms with Crippen molar-refractivity contribution >= 4 is 27.6 Å². The summed E-state index contributed by atoms with van der Waals surface area (Å²) in [6.07, 6.45) is 2.21. The predicted octanol–water partition coefficient (Wildman–Crippen LogP) is 4.33. The first kappa shape index (κ1) is 14.4. The lowest BCUT2D eigenvalue weighted by atomic mass is 9.99. The molecule has 1 N–H and O–H groups in total. The molecule has 1 fully saturated rings. The number of carbonyl (C=O) groups is 1. The van der Waals surface area contributed by atoms with E-state index in [0.29, 0.717) is 0 Å². The van der Waals surface area contributed by atoms with Crippen LogP contribution in [0, 0.1) is 19.8 Å². The molecule has 1 aliphatic rings. The highest BCUT2D eigenvalue weighted by Gasteiger charge is 2.21. The van der Waals surface area contributed by atoms with E-state index < -0.39 is 0 Å². The summed E-state index contributed by atoms with van der Waals surface area (Å²) < 4.78 is 1.05. The molecule has 19 heavy (non-hydrogen) atoms. The van der Waals surface area contributed by atoms with Gasteiger partial charge >= 0.3 is 6.03 Å². The van der Waals surface area contributed by atoms with Crippen molar-refractivity contribution in [3.05, 3.63) is 27.7 Å². The number of aryl methyl sites for hydroxylation is 2. The van der Waals surface area contributed by atoms with Crippen molar-refractivity contribution in [2.24, 2.45) is 5.92 Å². The molecule has 3 nitrogen and oxygen atoms in total. The summed E-state index contributed by atoms with van der Waals surface area (Å²) in [4.78, 5) is 14.2. The Kier molecular flexibility index (Phi) is 4.50. The number of urea groups is 1. The highest BCUT2D eigenvalue weighted by molar-refractivity contribution is 9.10. The van der Waals surface area contributed by atoms with Gasteiger partial charge in [0.2, 0.25) is 0 Å². The molecular weight excluding hydrogens is 304 g/mol. The number of carbonyl (C=O) groups excluding carboxylic acids is 1. The minimum atomic E-state index is 0.0282. The van der Waals surface area contributed by atoms with Gasteiger partial charge in [0.1, 0.15) is 0 Å². The van der Waals surface area contributed by atoms with Crippen molar-refractivity contribution in [1.29, 1.82) is 0 Å². The van der Waals surface area contributed by atoms with Crippen molar-refractivity contribution in [3.63, 3.8) is 0 Å². The van der Waals surface area contributed by atoms with E-state index in [1.807, 2.05) is 30.9 Å². The number of benzene rings is 1. The van der Waals surface area contributed by atoms with Gasteiger partial charge in [-0.2, -0.15) is 0 Å². The highest BCUT2D eigenvalue weighted by Crippen LogP contribution is 2.26. The van der Waals surface area contributed by atoms with E-state index in [-0.39, 0.29) is 6.03 Å². The monoisotopic (exact) mass is 324 g/mol. The third-order valence-electron chi connectivity index (χ3n) is 3.80. The summed E-state index contributed by atoms with van der Waals surface area (Å²) in [6, 6.07) is 4.09. The van der Waals surface area contributed by atoms with Gasteiger partial charge in [0.15, 0.2) is 0 Å². The highest BCUT2D eigenvalue weighted by atomic mass is 79.9. The van der Waals surface area contributed by atoms with Crippen LogP contribution in [0.25, 0.3) is 0 Å². The Morgan fingerprint density at radius 2 is 1.79 bits per heavy atom. The standard InChI is InChI=1S/C15H21BrN2O/c1-10-4-6-18(7-5-10)15(19)17-14-11(2)8-13(16)9-12(14)3/h8-10H,4-7H2,1-3H3,(H,17,19). The minimum absolute atomic E-state index is 0.0282. The Morgan fingerprint density at radius 1 is 1.26 bits per heavy atom. The number of hydrogen-bond donors (Lipinski definition) is 1. The molecule has 0 aliphatic carbocycles. The second-order valence-electron chi connectivity index (χ2n) is 5.51. The molecule has 0 spiro atoms. The second kappa shape index (κ2) is 5.95. The molecule has 1 heterocycles. The van der Waals surface area contributed by atoms with E-state index >= 15 is 0 Å². The summed E-state index contributed by atoms with van der Waals surface area (Å²) in [5.74, 6) is 0.736. The van der Waals surface area contributed by atoms with Gasteiger partial charge in [-0.1, -0.05) is 22.9 Å². The molecule has 0 saturated carbocycles. The normalized spacial score (nSPS) is 16.5. The van der Waals surface area contributed by atoms with Crippen LogP contribution in [0.4, 0.5) is 10.5 Å². The summed E-state index contributed by atoms with van der Waals surface area (Å²) in [6.45, 7) is 8.01. The topological polar surface area (TPSA) is 32.3 Å². The molecule has 4 heteroatoms. The van der Waals surface area contributed by atoms with Crippen LogP contribution in [0.1, 0.15) is 30.9 Å². The minimum Gasteiger partial charge on any atom is -0.325 e. The third kappa shape index (κ3) is 3.50. The smallest absolute Gasteiger partial charge is 0.321 e. The van der Waals surface area contributed by atoms with Crippen LogP contribution in [0.3, 0.4) is 0 Å². The maximum absolute atomic E-state index is 12.3. The molecule has 1 aromatic rings. The van der Waals surface area contributed by atoms with Crippen LogP contribution >= 0.6 is 15.9 Å². The summed E-state index contributed by atoms with van der Waals surface area (Å²) >= 11 is 3.47. The quantitative estimate of drug-likeness (QED) is 0.819. The first-order chi connectivity index (χ1) is 8.97. The van der Waals surface area contributed by atoms with E-state index in [2.05, 4.69) is 28.2 Å². The molecule has 0 aromatic heterocycles. The number of amides is 2. The van der Waals surface area contributed by atoms with E-state index in [1.54, 1.807) is 0 Å². The fourth-order valence-electron chi connectivity index (χ4n) is 2.51. The van der Waals surface area contributed by atoms with Crippen LogP contribution in [0.15, 0.2) is 16.6 Å². The Morgan fingerprint density at radius 3 is 2.32 bits per heavy atom. The fourth-order valence-corrected chi connectivity index (χ4v) is 3.19. The first-order valence-corrected chi connectivity index (χ1v) is 7.59. The van der Waals surface area contributed by atoms with Gasteiger partial charge in [0.25, 0.3) is 0 Å². The van der Waals surface area contributed by atoms with E-state index in [9.17, 15) is 4.79 Å². The zero-order chi connectivity index (χ0) is 14.0. The number of nitrogens with zero attached hydrogens (tertiary/aromatic N) is 1. The van der Waals surface area contributed by atoms with Gasteiger partial charge in [-0.3, -0.25) is 0 Å². The van der Waals surface area contributed by atoms with Gasteiger partial charge in [0, 0.05) is 23.2 Å². The molecule has 1 aliphatic heterocycles. The van der Waals surface area contributed by atoms with E-state index in [0.717, 1.165) is 53.1 Å². The second-order valence-corrected chi connectivity index (χ2v) is 6.43. The Labute approximate surface area is 123 Å². The zero-order valence-electron chi connectivity index (χ0n) is 11.8. The van der Waals surface area contributed by atoms with Crippen molar-refractivity contribution in [2.75, 3.05) is 18.4 Å². The molecule has 0 radical (unpaired) electrons. The Balaban J connectivity index is 2.07. The van der Waals surface area contributed by atoms with Gasteiger partial charge in [-0.15, -0.1) is 0 Å². The van der Waals surface area contributed by atoms with Gasteiger partial charge in [0.05, 0.1) is 0 Å². The lowest BCUT2D eigenvalue weighted by Gasteiger charge is -2.30. The van der Waals surface area contributed by atoms with Crippen LogP contribution in [0.5, 0.6) is 0 Å². The number of anilines is 1. The number of halogens is 1. The molecule has 0 atom stereocenters. The lowest BCUT2D eigenvalue weighted by molar-refractivity contribution is 0.186. The zero-order valence-corrected chi connectivity index (χ0v) is 13.4. The predicted molar refractivity (Wildman–Crippen MR) is 82.6 cm³/mol. The van der Waals surface area contributed by atoms with Crippen LogP contribution < -0.4 is 5.32 Å². The van der Waals surface area contributed by atoms with Gasteiger partial charge in [-0.05, 0) is 55.9 Å². The molecule has 104 valence electrons. The number of likely N-dealkylation sites (tertiary alicyclic amines) is 1. The van der Waals surface area contributed by atoms with Crippen molar-refractivity contribution in [1.82, 2.24) is 4.90 Å². The van der Waals surface area contributed by atoms with Crippen molar-refractivity contribution in [3.8, 4) is 0 Å². The summed E-state index contributed by atoms with van der Waals surface area (Å²) in [7, 11) is 0. The van der Waals surface area contributed by atoms with Crippen LogP contribution in [-0.4, -0.2) is 24.0 Å². The average molecular weight is 325 g/mol. The molecule has 2 rings (SSSR count). The maximum Gasteiger partial charge on any atom is 0.321 e. The van der Waals surface area contributed by atoms with E-state index in [1.165, 1.54) is 0 Å².